The Morgan fingerprint density at radius 3 is 2.62 bits per heavy atom. The molecule has 0 aliphatic carbocycles. The number of nitrogens with zero attached hydrogens (tertiary/aromatic N) is 2. The van der Waals surface area contributed by atoms with Gasteiger partial charge < -0.3 is 4.74 Å². The minimum atomic E-state index is -0.819. The van der Waals surface area contributed by atoms with Crippen LogP contribution < -0.4 is 15.0 Å². The van der Waals surface area contributed by atoms with E-state index in [1.165, 1.54) is 22.7 Å². The van der Waals surface area contributed by atoms with E-state index >= 15 is 0 Å². The van der Waals surface area contributed by atoms with E-state index in [0.717, 1.165) is 17.7 Å². The fourth-order valence-electron chi connectivity index (χ4n) is 3.42. The number of nitrogens with one attached hydrogen (secondary N) is 1. The first-order valence-corrected chi connectivity index (χ1v) is 10.6. The van der Waals surface area contributed by atoms with Crippen LogP contribution in [0, 0.1) is 11.6 Å². The molecular formula is C24H19F2N3O2S. The summed E-state index contributed by atoms with van der Waals surface area (Å²) in [4.78, 5) is 12.6. The van der Waals surface area contributed by atoms with Crippen LogP contribution in [0.3, 0.4) is 0 Å². The quantitative estimate of drug-likeness (QED) is 0.295. The maximum absolute atomic E-state index is 14.3. The van der Waals surface area contributed by atoms with Crippen molar-refractivity contribution in [2.75, 3.05) is 0 Å². The molecule has 0 fully saturated rings. The highest BCUT2D eigenvalue weighted by Gasteiger charge is 2.20. The van der Waals surface area contributed by atoms with Crippen molar-refractivity contribution in [3.8, 4) is 22.8 Å². The fourth-order valence-corrected chi connectivity index (χ4v) is 3.77. The lowest BCUT2D eigenvalue weighted by atomic mass is 9.99. The van der Waals surface area contributed by atoms with E-state index in [2.05, 4.69) is 16.4 Å². The summed E-state index contributed by atoms with van der Waals surface area (Å²) in [7, 11) is 1.58. The molecule has 0 spiro atoms. The Kier molecular flexibility index (Phi) is 6.34. The molecule has 0 unspecified atom stereocenters. The zero-order valence-electron chi connectivity index (χ0n) is 17.1. The number of hydrogen-bond acceptors (Lipinski definition) is 5. The van der Waals surface area contributed by atoms with Gasteiger partial charge in [-0.25, -0.2) is 13.5 Å². The monoisotopic (exact) mass is 451 g/mol. The first-order valence-electron chi connectivity index (χ1n) is 9.70. The Balaban J connectivity index is 1.95. The third-order valence-electron chi connectivity index (χ3n) is 4.85. The van der Waals surface area contributed by atoms with Crippen molar-refractivity contribution in [3.63, 3.8) is 0 Å². The average Bonchev–Trinajstić information content (AvgIpc) is 2.79. The number of aromatic nitrogens is 2. The van der Waals surface area contributed by atoms with Crippen molar-refractivity contribution >= 4 is 22.7 Å². The average molecular weight is 451 g/mol. The number of aryl methyl sites for hydroxylation is 1. The summed E-state index contributed by atoms with van der Waals surface area (Å²) >= 11 is 1.33. The predicted octanol–water partition coefficient (Wildman–Crippen LogP) is 5.55. The second-order valence-corrected chi connectivity index (χ2v) is 7.75. The van der Waals surface area contributed by atoms with Gasteiger partial charge in [0.1, 0.15) is 17.3 Å². The zero-order valence-corrected chi connectivity index (χ0v) is 18.0. The van der Waals surface area contributed by atoms with Crippen LogP contribution in [-0.2, 0) is 13.6 Å². The van der Waals surface area contributed by atoms with Gasteiger partial charge in [0.2, 0.25) is 0 Å². The van der Waals surface area contributed by atoms with Gasteiger partial charge in [0.15, 0.2) is 11.6 Å². The molecule has 162 valence electrons. The molecule has 0 bridgehead atoms. The van der Waals surface area contributed by atoms with Crippen LogP contribution in [0.15, 0.2) is 77.4 Å². The Morgan fingerprint density at radius 2 is 1.88 bits per heavy atom. The molecule has 0 atom stereocenters. The van der Waals surface area contributed by atoms with Crippen LogP contribution >= 0.6 is 11.9 Å². The Bertz CT molecular complexity index is 1370. The highest BCUT2D eigenvalue weighted by atomic mass is 32.2. The van der Waals surface area contributed by atoms with Gasteiger partial charge in [-0.15, -0.1) is 0 Å². The zero-order chi connectivity index (χ0) is 22.7. The number of halogens is 2. The Labute approximate surface area is 187 Å². The van der Waals surface area contributed by atoms with Crippen LogP contribution in [0.1, 0.15) is 5.56 Å². The van der Waals surface area contributed by atoms with Gasteiger partial charge >= 0.3 is 0 Å². The molecule has 0 aliphatic heterocycles. The summed E-state index contributed by atoms with van der Waals surface area (Å²) in [5, 5.41) is 7.32. The standard InChI is InChI=1S/C24H19F2N3O2S/c1-3-32-27-14-15-7-6-10-21(31-20-12-11-16(25)13-19(20)26)22(15)23-17-8-4-5-9-18(17)24(30)29(2)28-23/h3-13,27H,1,14H2,2H3. The molecule has 32 heavy (non-hydrogen) atoms. The van der Waals surface area contributed by atoms with Gasteiger partial charge in [-0.1, -0.05) is 48.9 Å². The largest absolute Gasteiger partial charge is 0.454 e. The van der Waals surface area contributed by atoms with Gasteiger partial charge in [-0.2, -0.15) is 5.10 Å². The maximum atomic E-state index is 14.3. The molecule has 0 radical (unpaired) electrons. The van der Waals surface area contributed by atoms with E-state index in [1.807, 2.05) is 18.2 Å². The van der Waals surface area contributed by atoms with Crippen molar-refractivity contribution in [1.82, 2.24) is 14.5 Å². The summed E-state index contributed by atoms with van der Waals surface area (Å²) in [6, 6.07) is 15.6. The first kappa shape index (κ1) is 21.7. The third-order valence-corrected chi connectivity index (χ3v) is 5.33. The van der Waals surface area contributed by atoms with E-state index in [0.29, 0.717) is 34.3 Å². The van der Waals surface area contributed by atoms with Gasteiger partial charge in [0.05, 0.1) is 5.39 Å². The van der Waals surface area contributed by atoms with Gasteiger partial charge in [-0.05, 0) is 35.2 Å². The molecule has 3 aromatic carbocycles. The summed E-state index contributed by atoms with van der Waals surface area (Å²) in [6.07, 6.45) is 0. The first-order chi connectivity index (χ1) is 15.5. The van der Waals surface area contributed by atoms with E-state index in [-0.39, 0.29) is 11.3 Å². The fraction of sp³-hybridized carbons (Fsp3) is 0.0833. The molecule has 0 saturated carbocycles. The molecule has 0 aliphatic rings. The molecule has 0 amide bonds. The van der Waals surface area contributed by atoms with Crippen LogP contribution in [0.2, 0.25) is 0 Å². The van der Waals surface area contributed by atoms with Crippen molar-refractivity contribution in [2.45, 2.75) is 6.54 Å². The van der Waals surface area contributed by atoms with E-state index in [1.54, 1.807) is 36.7 Å². The minimum absolute atomic E-state index is 0.118. The second kappa shape index (κ2) is 9.33. The number of ether oxygens (including phenoxy) is 1. The third kappa shape index (κ3) is 4.28. The van der Waals surface area contributed by atoms with Gasteiger partial charge in [0.25, 0.3) is 5.56 Å². The van der Waals surface area contributed by atoms with E-state index in [4.69, 9.17) is 4.74 Å². The second-order valence-electron chi connectivity index (χ2n) is 6.90. The lowest BCUT2D eigenvalue weighted by Gasteiger charge is -2.17. The van der Waals surface area contributed by atoms with Crippen molar-refractivity contribution in [1.29, 1.82) is 0 Å². The molecule has 4 rings (SSSR count). The number of rotatable bonds is 7. The van der Waals surface area contributed by atoms with Crippen LogP contribution in [0.4, 0.5) is 8.78 Å². The highest BCUT2D eigenvalue weighted by Crippen LogP contribution is 2.38. The lowest BCUT2D eigenvalue weighted by molar-refractivity contribution is 0.438. The minimum Gasteiger partial charge on any atom is -0.454 e. The Hall–Kier alpha value is -3.49. The van der Waals surface area contributed by atoms with Crippen molar-refractivity contribution in [3.05, 3.63) is 100 Å². The highest BCUT2D eigenvalue weighted by molar-refractivity contribution is 8.00. The topological polar surface area (TPSA) is 56.1 Å². The lowest BCUT2D eigenvalue weighted by Crippen LogP contribution is -2.20. The van der Waals surface area contributed by atoms with Crippen LogP contribution in [-0.4, -0.2) is 9.78 Å². The smallest absolute Gasteiger partial charge is 0.274 e. The molecule has 8 heteroatoms. The summed E-state index contributed by atoms with van der Waals surface area (Å²) in [5.41, 5.74) is 1.70. The van der Waals surface area contributed by atoms with E-state index < -0.39 is 11.6 Å². The van der Waals surface area contributed by atoms with Crippen LogP contribution in [0.5, 0.6) is 11.5 Å². The normalized spacial score (nSPS) is 11.0. The van der Waals surface area contributed by atoms with Gasteiger partial charge in [0, 0.05) is 30.6 Å². The van der Waals surface area contributed by atoms with Crippen molar-refractivity contribution < 1.29 is 13.5 Å². The number of benzene rings is 3. The molecule has 1 aromatic heterocycles. The number of fused-ring (bicyclic) bond motifs is 1. The maximum Gasteiger partial charge on any atom is 0.274 e. The molecule has 1 heterocycles. The molecule has 4 aromatic rings. The molecule has 1 N–H and O–H groups in total. The van der Waals surface area contributed by atoms with Crippen LogP contribution in [0.25, 0.3) is 22.0 Å². The molecular weight excluding hydrogens is 432 g/mol. The summed E-state index contributed by atoms with van der Waals surface area (Å²) in [5.74, 6) is -1.30. The summed E-state index contributed by atoms with van der Waals surface area (Å²) in [6.45, 7) is 4.10. The van der Waals surface area contributed by atoms with E-state index in [9.17, 15) is 13.6 Å². The molecule has 5 nitrogen and oxygen atoms in total. The summed E-state index contributed by atoms with van der Waals surface area (Å²) < 4.78 is 38.0. The Morgan fingerprint density at radius 1 is 1.09 bits per heavy atom. The SMILES string of the molecule is C=CSNCc1cccc(Oc2ccc(F)cc2F)c1-c1nn(C)c(=O)c2ccccc12. The number of hydrogen-bond donors (Lipinski definition) is 1. The molecule has 0 saturated heterocycles. The van der Waals surface area contributed by atoms with Gasteiger partial charge in [-0.3, -0.25) is 9.52 Å². The van der Waals surface area contributed by atoms with Crippen molar-refractivity contribution in [2.24, 2.45) is 7.05 Å². The predicted molar refractivity (Wildman–Crippen MR) is 123 cm³/mol.